The molecule has 1 fully saturated rings. The Morgan fingerprint density at radius 2 is 2.19 bits per heavy atom. The first kappa shape index (κ1) is 12.2. The summed E-state index contributed by atoms with van der Waals surface area (Å²) in [4.78, 5) is 14.6. The molecule has 106 valence electrons. The zero-order chi connectivity index (χ0) is 14.2. The molecular weight excluding hydrogens is 264 g/mol. The van der Waals surface area contributed by atoms with Crippen molar-refractivity contribution in [2.75, 3.05) is 13.1 Å². The molecule has 0 aliphatic carbocycles. The average molecular weight is 280 g/mol. The van der Waals surface area contributed by atoms with E-state index in [2.05, 4.69) is 10.2 Å². The fourth-order valence-corrected chi connectivity index (χ4v) is 3.09. The van der Waals surface area contributed by atoms with E-state index in [1.54, 1.807) is 6.20 Å². The van der Waals surface area contributed by atoms with Gasteiger partial charge in [0.15, 0.2) is 0 Å². The van der Waals surface area contributed by atoms with Crippen molar-refractivity contribution in [3.63, 3.8) is 0 Å². The highest BCUT2D eigenvalue weighted by atomic mass is 16.2. The van der Waals surface area contributed by atoms with Crippen molar-refractivity contribution in [3.05, 3.63) is 60.2 Å². The van der Waals surface area contributed by atoms with E-state index in [-0.39, 0.29) is 5.91 Å². The Hall–Kier alpha value is -2.56. The molecule has 0 aromatic carbocycles. The monoisotopic (exact) mass is 280 g/mol. The Bertz CT molecular complexity index is 775. The molecule has 3 aromatic rings. The number of nitrogens with zero attached hydrogens (tertiary/aromatic N) is 3. The maximum Gasteiger partial charge on any atom is 0.270 e. The predicted octanol–water partition coefficient (Wildman–Crippen LogP) is 2.29. The van der Waals surface area contributed by atoms with Crippen LogP contribution in [-0.2, 0) is 0 Å². The second-order valence-electron chi connectivity index (χ2n) is 5.46. The number of likely N-dealkylation sites (tertiary alicyclic amines) is 1. The van der Waals surface area contributed by atoms with E-state index in [4.69, 9.17) is 0 Å². The van der Waals surface area contributed by atoms with Gasteiger partial charge in [-0.3, -0.25) is 9.89 Å². The Labute approximate surface area is 122 Å². The Morgan fingerprint density at radius 1 is 1.24 bits per heavy atom. The van der Waals surface area contributed by atoms with E-state index in [0.717, 1.165) is 36.4 Å². The summed E-state index contributed by atoms with van der Waals surface area (Å²) in [6.07, 6.45) is 4.68. The Balaban J connectivity index is 1.58. The molecule has 4 heterocycles. The number of H-pyrrole nitrogens is 1. The summed E-state index contributed by atoms with van der Waals surface area (Å²) >= 11 is 0. The van der Waals surface area contributed by atoms with Gasteiger partial charge < -0.3 is 9.30 Å². The highest BCUT2D eigenvalue weighted by Crippen LogP contribution is 2.26. The molecule has 0 spiro atoms. The van der Waals surface area contributed by atoms with E-state index < -0.39 is 0 Å². The van der Waals surface area contributed by atoms with Gasteiger partial charge in [0.25, 0.3) is 5.91 Å². The molecule has 1 unspecified atom stereocenters. The zero-order valence-corrected chi connectivity index (χ0v) is 11.6. The van der Waals surface area contributed by atoms with Crippen LogP contribution >= 0.6 is 0 Å². The minimum atomic E-state index is 0.100. The molecule has 1 amide bonds. The number of rotatable bonds is 2. The number of carbonyl (C=O) groups excluding carboxylic acids is 1. The number of carbonyl (C=O) groups is 1. The van der Waals surface area contributed by atoms with Gasteiger partial charge in [-0.2, -0.15) is 5.10 Å². The number of amides is 1. The van der Waals surface area contributed by atoms with Crippen LogP contribution in [0.4, 0.5) is 0 Å². The molecule has 0 radical (unpaired) electrons. The predicted molar refractivity (Wildman–Crippen MR) is 79.2 cm³/mol. The molecule has 21 heavy (non-hydrogen) atoms. The van der Waals surface area contributed by atoms with E-state index in [9.17, 15) is 4.79 Å². The lowest BCUT2D eigenvalue weighted by atomic mass is 10.1. The van der Waals surface area contributed by atoms with Gasteiger partial charge in [-0.25, -0.2) is 0 Å². The third-order valence-electron chi connectivity index (χ3n) is 4.22. The van der Waals surface area contributed by atoms with Crippen molar-refractivity contribution in [2.45, 2.75) is 12.3 Å². The minimum Gasteiger partial charge on any atom is -0.337 e. The maximum absolute atomic E-state index is 12.7. The van der Waals surface area contributed by atoms with E-state index in [1.165, 1.54) is 0 Å². The third kappa shape index (κ3) is 2.01. The van der Waals surface area contributed by atoms with Crippen molar-refractivity contribution >= 4 is 11.4 Å². The number of pyridine rings is 1. The molecule has 0 bridgehead atoms. The molecular formula is C16H16N4O. The van der Waals surface area contributed by atoms with Gasteiger partial charge in [0.2, 0.25) is 0 Å². The quantitative estimate of drug-likeness (QED) is 0.783. The van der Waals surface area contributed by atoms with Crippen molar-refractivity contribution in [3.8, 4) is 0 Å². The smallest absolute Gasteiger partial charge is 0.270 e. The molecule has 3 aromatic heterocycles. The summed E-state index contributed by atoms with van der Waals surface area (Å²) in [6.45, 7) is 1.55. The summed E-state index contributed by atoms with van der Waals surface area (Å²) in [6, 6.07) is 11.8. The lowest BCUT2D eigenvalue weighted by molar-refractivity contribution is 0.0784. The van der Waals surface area contributed by atoms with Gasteiger partial charge in [0, 0.05) is 42.6 Å². The number of hydrogen-bond acceptors (Lipinski definition) is 2. The van der Waals surface area contributed by atoms with Gasteiger partial charge in [0.1, 0.15) is 5.69 Å². The van der Waals surface area contributed by atoms with Crippen LogP contribution < -0.4 is 0 Å². The normalized spacial score (nSPS) is 18.5. The molecule has 5 nitrogen and oxygen atoms in total. The fraction of sp³-hybridized carbons (Fsp3) is 0.250. The summed E-state index contributed by atoms with van der Waals surface area (Å²) in [5.41, 5.74) is 2.89. The van der Waals surface area contributed by atoms with Crippen LogP contribution in [0.15, 0.2) is 48.8 Å². The van der Waals surface area contributed by atoms with Crippen molar-refractivity contribution in [1.82, 2.24) is 19.5 Å². The SMILES string of the molecule is O=C(c1ccc2ccccn12)N1CCC(c2ccn[nH]2)C1. The first-order valence-electron chi connectivity index (χ1n) is 7.17. The Kier molecular flexibility index (Phi) is 2.77. The minimum absolute atomic E-state index is 0.100. The number of nitrogens with one attached hydrogen (secondary N) is 1. The van der Waals surface area contributed by atoms with Crippen LogP contribution in [0.5, 0.6) is 0 Å². The molecule has 5 heteroatoms. The molecule has 1 aliphatic heterocycles. The van der Waals surface area contributed by atoms with Crippen LogP contribution in [0.25, 0.3) is 5.52 Å². The van der Waals surface area contributed by atoms with Gasteiger partial charge >= 0.3 is 0 Å². The first-order valence-corrected chi connectivity index (χ1v) is 7.17. The van der Waals surface area contributed by atoms with Crippen molar-refractivity contribution in [2.24, 2.45) is 0 Å². The maximum atomic E-state index is 12.7. The highest BCUT2D eigenvalue weighted by molar-refractivity contribution is 5.94. The van der Waals surface area contributed by atoms with E-state index in [1.807, 2.05) is 51.9 Å². The van der Waals surface area contributed by atoms with Gasteiger partial charge in [-0.15, -0.1) is 0 Å². The second-order valence-corrected chi connectivity index (χ2v) is 5.46. The van der Waals surface area contributed by atoms with E-state index >= 15 is 0 Å². The number of aromatic amines is 1. The standard InChI is InChI=1S/C16H16N4O/c21-16(15-5-4-13-3-1-2-9-20(13)15)19-10-7-12(11-19)14-6-8-17-18-14/h1-6,8-9,12H,7,10-11H2,(H,17,18). The second kappa shape index (κ2) is 4.77. The number of aromatic nitrogens is 3. The zero-order valence-electron chi connectivity index (χ0n) is 11.6. The molecule has 4 rings (SSSR count). The topological polar surface area (TPSA) is 53.4 Å². The number of hydrogen-bond donors (Lipinski definition) is 1. The molecule has 1 saturated heterocycles. The van der Waals surface area contributed by atoms with Crippen molar-refractivity contribution in [1.29, 1.82) is 0 Å². The average Bonchev–Trinajstić information content (AvgIpc) is 3.25. The first-order chi connectivity index (χ1) is 10.3. The molecule has 1 aliphatic rings. The van der Waals surface area contributed by atoms with Crippen LogP contribution in [-0.4, -0.2) is 38.5 Å². The third-order valence-corrected chi connectivity index (χ3v) is 4.22. The van der Waals surface area contributed by atoms with Crippen LogP contribution in [0.3, 0.4) is 0 Å². The van der Waals surface area contributed by atoms with Crippen LogP contribution in [0.2, 0.25) is 0 Å². The fourth-order valence-electron chi connectivity index (χ4n) is 3.09. The largest absolute Gasteiger partial charge is 0.337 e. The molecule has 1 N–H and O–H groups in total. The summed E-state index contributed by atoms with van der Waals surface area (Å²) < 4.78 is 1.95. The summed E-state index contributed by atoms with van der Waals surface area (Å²) in [5, 5.41) is 7.00. The molecule has 1 atom stereocenters. The summed E-state index contributed by atoms with van der Waals surface area (Å²) in [5.74, 6) is 0.464. The highest BCUT2D eigenvalue weighted by Gasteiger charge is 2.29. The Morgan fingerprint density at radius 3 is 3.05 bits per heavy atom. The molecule has 0 saturated carbocycles. The van der Waals surface area contributed by atoms with Crippen molar-refractivity contribution < 1.29 is 4.79 Å². The number of fused-ring (bicyclic) bond motifs is 1. The van der Waals surface area contributed by atoms with Crippen LogP contribution in [0.1, 0.15) is 28.5 Å². The lowest BCUT2D eigenvalue weighted by Gasteiger charge is -2.16. The lowest BCUT2D eigenvalue weighted by Crippen LogP contribution is -2.29. The van der Waals surface area contributed by atoms with E-state index in [0.29, 0.717) is 5.92 Å². The van der Waals surface area contributed by atoms with Gasteiger partial charge in [0.05, 0.1) is 0 Å². The summed E-state index contributed by atoms with van der Waals surface area (Å²) in [7, 11) is 0. The van der Waals surface area contributed by atoms with Crippen LogP contribution in [0, 0.1) is 0 Å². The van der Waals surface area contributed by atoms with Gasteiger partial charge in [-0.05, 0) is 36.8 Å². The van der Waals surface area contributed by atoms with Gasteiger partial charge in [-0.1, -0.05) is 6.07 Å².